The van der Waals surface area contributed by atoms with Crippen molar-refractivity contribution < 1.29 is 8.42 Å². The molecule has 18 heavy (non-hydrogen) atoms. The molecule has 0 spiro atoms. The average molecular weight is 268 g/mol. The number of sulfonamides is 1. The summed E-state index contributed by atoms with van der Waals surface area (Å²) in [5, 5.41) is 3.05. The van der Waals surface area contributed by atoms with Crippen LogP contribution in [0.4, 0.5) is 0 Å². The van der Waals surface area contributed by atoms with Crippen molar-refractivity contribution in [2.75, 3.05) is 7.05 Å². The predicted octanol–water partition coefficient (Wildman–Crippen LogP) is 1.40. The first-order valence-electron chi connectivity index (χ1n) is 6.21. The number of benzene rings is 1. The van der Waals surface area contributed by atoms with E-state index in [9.17, 15) is 8.42 Å². The van der Waals surface area contributed by atoms with E-state index >= 15 is 0 Å². The summed E-state index contributed by atoms with van der Waals surface area (Å²) >= 11 is 0. The summed E-state index contributed by atoms with van der Waals surface area (Å²) in [5.41, 5.74) is 1.84. The molecule has 1 aliphatic carbocycles. The van der Waals surface area contributed by atoms with Crippen LogP contribution in [0.3, 0.4) is 0 Å². The molecular formula is C13H20N2O2S. The first-order valence-corrected chi connectivity index (χ1v) is 7.69. The van der Waals surface area contributed by atoms with E-state index in [1.807, 2.05) is 20.0 Å². The Balaban J connectivity index is 2.29. The van der Waals surface area contributed by atoms with E-state index in [0.29, 0.717) is 17.4 Å². The minimum atomic E-state index is -3.38. The first kappa shape index (κ1) is 13.5. The summed E-state index contributed by atoms with van der Waals surface area (Å²) in [7, 11) is -1.53. The molecule has 100 valence electrons. The van der Waals surface area contributed by atoms with E-state index < -0.39 is 10.0 Å². The van der Waals surface area contributed by atoms with Crippen LogP contribution in [0.2, 0.25) is 0 Å². The minimum absolute atomic E-state index is 0.113. The highest BCUT2D eigenvalue weighted by atomic mass is 32.2. The molecule has 1 aromatic rings. The van der Waals surface area contributed by atoms with Gasteiger partial charge in [-0.1, -0.05) is 19.1 Å². The molecular weight excluding hydrogens is 248 g/mol. The zero-order chi connectivity index (χ0) is 13.3. The van der Waals surface area contributed by atoms with Gasteiger partial charge in [0.1, 0.15) is 0 Å². The Bertz CT molecular complexity index is 540. The maximum atomic E-state index is 12.3. The lowest BCUT2D eigenvalue weighted by molar-refractivity contribution is 0.577. The maximum Gasteiger partial charge on any atom is 0.241 e. The predicted molar refractivity (Wildman–Crippen MR) is 71.8 cm³/mol. The number of nitrogens with one attached hydrogen (secondary N) is 2. The van der Waals surface area contributed by atoms with Crippen molar-refractivity contribution in [3.8, 4) is 0 Å². The van der Waals surface area contributed by atoms with Crippen LogP contribution in [0.15, 0.2) is 23.1 Å². The van der Waals surface area contributed by atoms with E-state index in [1.165, 1.54) is 0 Å². The van der Waals surface area contributed by atoms with E-state index in [2.05, 4.69) is 17.0 Å². The van der Waals surface area contributed by atoms with Crippen molar-refractivity contribution >= 4 is 10.0 Å². The highest BCUT2D eigenvalue weighted by molar-refractivity contribution is 7.89. The van der Waals surface area contributed by atoms with Crippen molar-refractivity contribution in [2.24, 2.45) is 5.92 Å². The van der Waals surface area contributed by atoms with Gasteiger partial charge in [0.25, 0.3) is 0 Å². The van der Waals surface area contributed by atoms with Crippen molar-refractivity contribution in [1.82, 2.24) is 10.0 Å². The standard InChI is InChI=1S/C13H20N2O2S/c1-9-7-12(9)15-18(16,17)13-6-4-5-11(8-14-3)10(13)2/h4-6,9,12,14-15H,7-8H2,1-3H3. The molecule has 2 atom stereocenters. The summed E-state index contributed by atoms with van der Waals surface area (Å²) in [4.78, 5) is 0.398. The summed E-state index contributed by atoms with van der Waals surface area (Å²) < 4.78 is 27.3. The Labute approximate surface area is 109 Å². The molecule has 2 rings (SSSR count). The van der Waals surface area contributed by atoms with Crippen LogP contribution in [0.25, 0.3) is 0 Å². The van der Waals surface area contributed by atoms with Gasteiger partial charge in [-0.15, -0.1) is 0 Å². The molecule has 1 aromatic carbocycles. The zero-order valence-corrected chi connectivity index (χ0v) is 11.8. The fourth-order valence-corrected chi connectivity index (χ4v) is 3.73. The number of hydrogen-bond acceptors (Lipinski definition) is 3. The van der Waals surface area contributed by atoms with Crippen molar-refractivity contribution in [2.45, 2.75) is 37.8 Å². The second kappa shape index (κ2) is 4.99. The third-order valence-corrected chi connectivity index (χ3v) is 5.10. The number of hydrogen-bond donors (Lipinski definition) is 2. The van der Waals surface area contributed by atoms with Crippen LogP contribution < -0.4 is 10.0 Å². The molecule has 0 amide bonds. The summed E-state index contributed by atoms with van der Waals surface area (Å²) in [6, 6.07) is 5.53. The molecule has 0 aromatic heterocycles. The molecule has 2 N–H and O–H groups in total. The quantitative estimate of drug-likeness (QED) is 0.848. The lowest BCUT2D eigenvalue weighted by Crippen LogP contribution is -2.27. The lowest BCUT2D eigenvalue weighted by atomic mass is 10.1. The Morgan fingerprint density at radius 3 is 2.61 bits per heavy atom. The van der Waals surface area contributed by atoms with Gasteiger partial charge in [0.2, 0.25) is 10.0 Å². The second-order valence-corrected chi connectivity index (χ2v) is 6.69. The van der Waals surface area contributed by atoms with Gasteiger partial charge in [-0.3, -0.25) is 0 Å². The van der Waals surface area contributed by atoms with E-state index in [4.69, 9.17) is 0 Å². The second-order valence-electron chi connectivity index (χ2n) is 5.01. The molecule has 0 aliphatic heterocycles. The molecule has 1 saturated carbocycles. The molecule has 1 aliphatic rings. The smallest absolute Gasteiger partial charge is 0.241 e. The van der Waals surface area contributed by atoms with E-state index in [-0.39, 0.29) is 6.04 Å². The Hall–Kier alpha value is -0.910. The maximum absolute atomic E-state index is 12.3. The SMILES string of the molecule is CNCc1cccc(S(=O)(=O)NC2CC2C)c1C. The van der Waals surface area contributed by atoms with Gasteiger partial charge in [0, 0.05) is 12.6 Å². The van der Waals surface area contributed by atoms with Gasteiger partial charge < -0.3 is 5.32 Å². The van der Waals surface area contributed by atoms with Crippen molar-refractivity contribution in [3.05, 3.63) is 29.3 Å². The molecule has 0 saturated heterocycles. The highest BCUT2D eigenvalue weighted by Gasteiger charge is 2.36. The molecule has 1 fully saturated rings. The monoisotopic (exact) mass is 268 g/mol. The van der Waals surface area contributed by atoms with Gasteiger partial charge in [0.05, 0.1) is 4.90 Å². The summed E-state index contributed by atoms with van der Waals surface area (Å²) in [6.07, 6.45) is 0.939. The van der Waals surface area contributed by atoms with Gasteiger partial charge in [-0.25, -0.2) is 13.1 Å². The normalized spacial score (nSPS) is 23.1. The number of rotatable bonds is 5. The Morgan fingerprint density at radius 1 is 1.39 bits per heavy atom. The van der Waals surface area contributed by atoms with Gasteiger partial charge in [-0.05, 0) is 43.5 Å². The summed E-state index contributed by atoms with van der Waals surface area (Å²) in [6.45, 7) is 4.59. The highest BCUT2D eigenvalue weighted by Crippen LogP contribution is 2.31. The van der Waals surface area contributed by atoms with Gasteiger partial charge in [0.15, 0.2) is 0 Å². The minimum Gasteiger partial charge on any atom is -0.316 e. The molecule has 0 radical (unpaired) electrons. The lowest BCUT2D eigenvalue weighted by Gasteiger charge is -2.12. The van der Waals surface area contributed by atoms with Crippen LogP contribution in [-0.4, -0.2) is 21.5 Å². The van der Waals surface area contributed by atoms with Crippen molar-refractivity contribution in [1.29, 1.82) is 0 Å². The van der Waals surface area contributed by atoms with Crippen LogP contribution in [0.5, 0.6) is 0 Å². The molecule has 4 nitrogen and oxygen atoms in total. The molecule has 0 bridgehead atoms. The van der Waals surface area contributed by atoms with E-state index in [0.717, 1.165) is 17.5 Å². The van der Waals surface area contributed by atoms with Crippen LogP contribution in [0, 0.1) is 12.8 Å². The van der Waals surface area contributed by atoms with Crippen LogP contribution in [0.1, 0.15) is 24.5 Å². The molecule has 5 heteroatoms. The van der Waals surface area contributed by atoms with Crippen molar-refractivity contribution in [3.63, 3.8) is 0 Å². The van der Waals surface area contributed by atoms with Crippen LogP contribution >= 0.6 is 0 Å². The zero-order valence-electron chi connectivity index (χ0n) is 11.0. The average Bonchev–Trinajstić information content (AvgIpc) is 2.96. The third-order valence-electron chi connectivity index (χ3n) is 3.47. The Kier molecular flexibility index (Phi) is 3.75. The van der Waals surface area contributed by atoms with Crippen LogP contribution in [-0.2, 0) is 16.6 Å². The third kappa shape index (κ3) is 2.74. The fraction of sp³-hybridized carbons (Fsp3) is 0.538. The fourth-order valence-electron chi connectivity index (χ4n) is 2.08. The first-order chi connectivity index (χ1) is 8.45. The Morgan fingerprint density at radius 2 is 2.06 bits per heavy atom. The molecule has 0 heterocycles. The van der Waals surface area contributed by atoms with E-state index in [1.54, 1.807) is 12.1 Å². The topological polar surface area (TPSA) is 58.2 Å². The van der Waals surface area contributed by atoms with Gasteiger partial charge in [-0.2, -0.15) is 0 Å². The largest absolute Gasteiger partial charge is 0.316 e. The molecule has 2 unspecified atom stereocenters. The summed E-state index contributed by atoms with van der Waals surface area (Å²) in [5.74, 6) is 0.459. The van der Waals surface area contributed by atoms with Gasteiger partial charge >= 0.3 is 0 Å².